The average Bonchev–Trinajstić information content (AvgIpc) is 3.45. The minimum absolute atomic E-state index is 0.114. The van der Waals surface area contributed by atoms with Crippen LogP contribution in [0, 0.1) is 36.0 Å². The Morgan fingerprint density at radius 3 is 2.76 bits per heavy atom. The van der Waals surface area contributed by atoms with Crippen LogP contribution >= 0.6 is 0 Å². The SMILES string of the molecule is Cc1cc(-n2c(O)c3n(c2=O)[C@@H]2C[C@@H]3CN2C(=O)O[C@H]2C[C@@H](C)CC[C@@H]2C(C)C)cnc1C#N. The van der Waals surface area contributed by atoms with Crippen molar-refractivity contribution in [2.75, 3.05) is 6.54 Å². The minimum Gasteiger partial charge on any atom is -0.493 e. The number of aryl methyl sites for hydroxylation is 1. The summed E-state index contributed by atoms with van der Waals surface area (Å²) in [5, 5.41) is 20.1. The molecule has 2 fully saturated rings. The molecule has 1 N–H and O–H groups in total. The monoisotopic (exact) mass is 465 g/mol. The standard InChI is InChI=1S/C25H31N5O4/c1-13(2)18-6-5-14(3)7-20(18)34-25(33)28-12-16-9-21(28)30-22(16)23(31)29(24(30)32)17-8-15(4)19(10-26)27-11-17/h8,11,13-14,16,18,20-21,31H,5-7,9,12H2,1-4H3/t14-,16+,18+,20-,21+/m0/s1. The molecule has 1 amide bonds. The summed E-state index contributed by atoms with van der Waals surface area (Å²) >= 11 is 0. The van der Waals surface area contributed by atoms with Crippen LogP contribution < -0.4 is 5.69 Å². The third kappa shape index (κ3) is 3.39. The van der Waals surface area contributed by atoms with Crippen LogP contribution in [0.1, 0.15) is 75.5 Å². The predicted molar refractivity (Wildman–Crippen MR) is 124 cm³/mol. The molecule has 5 rings (SSSR count). The molecule has 5 atom stereocenters. The van der Waals surface area contributed by atoms with E-state index >= 15 is 0 Å². The highest BCUT2D eigenvalue weighted by Crippen LogP contribution is 2.49. The van der Waals surface area contributed by atoms with E-state index in [9.17, 15) is 14.7 Å². The molecule has 2 bridgehead atoms. The fraction of sp³-hybridized carbons (Fsp3) is 0.600. The molecule has 1 saturated heterocycles. The molecule has 3 aliphatic rings. The number of carbonyl (C=O) groups is 1. The topological polar surface area (TPSA) is 113 Å². The van der Waals surface area contributed by atoms with E-state index in [1.807, 2.05) is 6.07 Å². The second-order valence-electron chi connectivity index (χ2n) is 10.5. The zero-order valence-electron chi connectivity index (χ0n) is 20.1. The van der Waals surface area contributed by atoms with E-state index in [1.165, 1.54) is 15.3 Å². The van der Waals surface area contributed by atoms with Gasteiger partial charge < -0.3 is 9.84 Å². The molecule has 4 heterocycles. The number of carbonyl (C=O) groups excluding carboxylic acids is 1. The van der Waals surface area contributed by atoms with Gasteiger partial charge in [0.05, 0.1) is 17.6 Å². The summed E-state index contributed by atoms with van der Waals surface area (Å²) in [4.78, 5) is 32.4. The zero-order chi connectivity index (χ0) is 24.3. The molecule has 2 aromatic heterocycles. The normalized spacial score (nSPS) is 27.6. The first-order valence-electron chi connectivity index (χ1n) is 12.1. The Balaban J connectivity index is 1.42. The Kier molecular flexibility index (Phi) is 5.42. The molecule has 0 spiro atoms. The number of ether oxygens (including phenoxy) is 1. The van der Waals surface area contributed by atoms with Gasteiger partial charge in [0, 0.05) is 12.5 Å². The van der Waals surface area contributed by atoms with Gasteiger partial charge in [-0.2, -0.15) is 5.26 Å². The predicted octanol–water partition coefficient (Wildman–Crippen LogP) is 3.82. The molecule has 34 heavy (non-hydrogen) atoms. The van der Waals surface area contributed by atoms with Crippen molar-refractivity contribution in [2.24, 2.45) is 17.8 Å². The van der Waals surface area contributed by atoms with E-state index in [2.05, 4.69) is 25.8 Å². The number of aromatic hydroxyl groups is 1. The van der Waals surface area contributed by atoms with Crippen LogP contribution in [-0.4, -0.2) is 42.9 Å². The Hall–Kier alpha value is -3.28. The number of nitrogens with zero attached hydrogens (tertiary/aromatic N) is 5. The molecule has 9 heteroatoms. The maximum absolute atomic E-state index is 13.4. The Morgan fingerprint density at radius 1 is 1.32 bits per heavy atom. The van der Waals surface area contributed by atoms with Gasteiger partial charge in [0.1, 0.15) is 24.0 Å². The van der Waals surface area contributed by atoms with Gasteiger partial charge in [-0.3, -0.25) is 9.47 Å². The number of imidazole rings is 1. The molecule has 180 valence electrons. The highest BCUT2D eigenvalue weighted by atomic mass is 16.6. The van der Waals surface area contributed by atoms with Crippen molar-refractivity contribution in [1.29, 1.82) is 5.26 Å². The van der Waals surface area contributed by atoms with Gasteiger partial charge in [0.15, 0.2) is 0 Å². The quantitative estimate of drug-likeness (QED) is 0.737. The number of nitriles is 1. The van der Waals surface area contributed by atoms with Crippen LogP contribution in [0.3, 0.4) is 0 Å². The first-order valence-corrected chi connectivity index (χ1v) is 12.1. The van der Waals surface area contributed by atoms with E-state index in [0.717, 1.165) is 19.3 Å². The number of pyridine rings is 1. The van der Waals surface area contributed by atoms with Crippen LogP contribution in [0.5, 0.6) is 5.88 Å². The number of aromatic nitrogens is 3. The van der Waals surface area contributed by atoms with Gasteiger partial charge in [-0.25, -0.2) is 19.1 Å². The van der Waals surface area contributed by atoms with Crippen molar-refractivity contribution in [3.8, 4) is 17.6 Å². The van der Waals surface area contributed by atoms with Crippen LogP contribution in [-0.2, 0) is 4.74 Å². The fourth-order valence-electron chi connectivity index (χ4n) is 6.12. The van der Waals surface area contributed by atoms with Gasteiger partial charge in [0.2, 0.25) is 5.88 Å². The zero-order valence-corrected chi connectivity index (χ0v) is 20.1. The summed E-state index contributed by atoms with van der Waals surface area (Å²) < 4.78 is 8.78. The molecular formula is C25H31N5O4. The highest BCUT2D eigenvalue weighted by Gasteiger charge is 2.50. The average molecular weight is 466 g/mol. The summed E-state index contributed by atoms with van der Waals surface area (Å²) in [6.07, 6.45) is 4.11. The second-order valence-corrected chi connectivity index (χ2v) is 10.5. The molecule has 0 radical (unpaired) electrons. The summed E-state index contributed by atoms with van der Waals surface area (Å²) in [5.41, 5.74) is 1.41. The molecule has 9 nitrogen and oxygen atoms in total. The van der Waals surface area contributed by atoms with Gasteiger partial charge in [-0.05, 0) is 55.6 Å². The maximum atomic E-state index is 13.4. The molecule has 2 aliphatic heterocycles. The van der Waals surface area contributed by atoms with Crippen LogP contribution in [0.4, 0.5) is 4.79 Å². The maximum Gasteiger partial charge on any atom is 0.411 e. The lowest BCUT2D eigenvalue weighted by Gasteiger charge is -2.38. The Labute approximate surface area is 198 Å². The lowest BCUT2D eigenvalue weighted by molar-refractivity contribution is -0.0166. The summed E-state index contributed by atoms with van der Waals surface area (Å²) in [6.45, 7) is 8.71. The number of amides is 1. The van der Waals surface area contributed by atoms with Crippen LogP contribution in [0.15, 0.2) is 17.1 Å². The Morgan fingerprint density at radius 2 is 2.09 bits per heavy atom. The van der Waals surface area contributed by atoms with Gasteiger partial charge in [0.25, 0.3) is 0 Å². The van der Waals surface area contributed by atoms with E-state index in [4.69, 9.17) is 10.00 Å². The number of fused-ring (bicyclic) bond motifs is 5. The van der Waals surface area contributed by atoms with Crippen LogP contribution in [0.2, 0.25) is 0 Å². The minimum atomic E-state index is -0.474. The Bertz CT molecular complexity index is 1240. The van der Waals surface area contributed by atoms with Crippen molar-refractivity contribution >= 4 is 6.09 Å². The number of hydrogen-bond acceptors (Lipinski definition) is 6. The first kappa shape index (κ1) is 22.5. The van der Waals surface area contributed by atoms with Crippen LogP contribution in [0.25, 0.3) is 5.69 Å². The lowest BCUT2D eigenvalue weighted by Crippen LogP contribution is -2.44. The van der Waals surface area contributed by atoms with Crippen molar-refractivity contribution in [3.63, 3.8) is 0 Å². The van der Waals surface area contributed by atoms with Crippen molar-refractivity contribution < 1.29 is 14.6 Å². The molecule has 1 saturated carbocycles. The highest BCUT2D eigenvalue weighted by molar-refractivity contribution is 5.69. The smallest absolute Gasteiger partial charge is 0.411 e. The van der Waals surface area contributed by atoms with Crippen molar-refractivity contribution in [3.05, 3.63) is 39.7 Å². The molecule has 1 aliphatic carbocycles. The fourth-order valence-corrected chi connectivity index (χ4v) is 6.12. The van der Waals surface area contributed by atoms with Crippen molar-refractivity contribution in [1.82, 2.24) is 19.0 Å². The van der Waals surface area contributed by atoms with Gasteiger partial charge in [-0.15, -0.1) is 0 Å². The third-order valence-corrected chi connectivity index (χ3v) is 7.93. The van der Waals surface area contributed by atoms with Gasteiger partial charge >= 0.3 is 11.8 Å². The number of rotatable bonds is 3. The summed E-state index contributed by atoms with van der Waals surface area (Å²) in [6, 6.07) is 3.67. The van der Waals surface area contributed by atoms with E-state index in [-0.39, 0.29) is 29.7 Å². The summed E-state index contributed by atoms with van der Waals surface area (Å²) in [7, 11) is 0. The third-order valence-electron chi connectivity index (χ3n) is 7.93. The molecule has 2 aromatic rings. The summed E-state index contributed by atoms with van der Waals surface area (Å²) in [5.74, 6) is 1.04. The molecule has 0 unspecified atom stereocenters. The van der Waals surface area contributed by atoms with Crippen molar-refractivity contribution in [2.45, 2.75) is 71.6 Å². The van der Waals surface area contributed by atoms with E-state index in [1.54, 1.807) is 17.9 Å². The number of hydrogen-bond donors (Lipinski definition) is 1. The number of likely N-dealkylation sites (tertiary alicyclic amines) is 1. The van der Waals surface area contributed by atoms with Gasteiger partial charge in [-0.1, -0.05) is 27.2 Å². The lowest BCUT2D eigenvalue weighted by atomic mass is 9.75. The van der Waals surface area contributed by atoms with E-state index in [0.29, 0.717) is 47.7 Å². The second kappa shape index (κ2) is 8.19. The molecule has 0 aromatic carbocycles. The first-order chi connectivity index (χ1) is 16.2. The molecular weight excluding hydrogens is 434 g/mol. The van der Waals surface area contributed by atoms with E-state index < -0.39 is 11.9 Å². The largest absolute Gasteiger partial charge is 0.493 e.